The van der Waals surface area contributed by atoms with Crippen molar-refractivity contribution in [2.24, 2.45) is 0 Å². The second-order valence-corrected chi connectivity index (χ2v) is 9.62. The van der Waals surface area contributed by atoms with E-state index in [-0.39, 0.29) is 29.2 Å². The molecule has 0 bridgehead atoms. The topological polar surface area (TPSA) is 147 Å². The Morgan fingerprint density at radius 3 is 2.24 bits per heavy atom. The standard InChI is InChI=1S/C32H34N4O5/c33-28-23(15-7-2-1-4-12-22-13-5-3-6-14-22)20-27(29(37)30(28)38)35-31(39)25-17-8-9-18-26(25)36-32(40)41-21-24-16-10-11-19-34-24/h3,5-6,8-11,13-14,16-20,37-38H,1-2,4,7,12,15,21,33H2,(H,35,39)(H,36,40). The van der Waals surface area contributed by atoms with E-state index in [2.05, 4.69) is 27.8 Å². The molecule has 0 saturated heterocycles. The van der Waals surface area contributed by atoms with E-state index in [9.17, 15) is 19.8 Å². The molecule has 0 aliphatic carbocycles. The first-order valence-corrected chi connectivity index (χ1v) is 13.5. The minimum Gasteiger partial charge on any atom is -0.503 e. The van der Waals surface area contributed by atoms with E-state index in [4.69, 9.17) is 10.5 Å². The third-order valence-corrected chi connectivity index (χ3v) is 6.64. The van der Waals surface area contributed by atoms with Gasteiger partial charge in [0.05, 0.1) is 28.3 Å². The van der Waals surface area contributed by atoms with Crippen LogP contribution in [-0.2, 0) is 24.2 Å². The molecule has 0 atom stereocenters. The van der Waals surface area contributed by atoms with Crippen LogP contribution in [0.15, 0.2) is 85.1 Å². The van der Waals surface area contributed by atoms with Crippen molar-refractivity contribution in [3.05, 3.63) is 107 Å². The lowest BCUT2D eigenvalue weighted by atomic mass is 10.0. The fourth-order valence-electron chi connectivity index (χ4n) is 4.42. The van der Waals surface area contributed by atoms with E-state index in [1.165, 1.54) is 11.6 Å². The van der Waals surface area contributed by atoms with Gasteiger partial charge in [0.1, 0.15) is 6.61 Å². The van der Waals surface area contributed by atoms with Crippen molar-refractivity contribution in [2.75, 3.05) is 16.4 Å². The average molecular weight is 555 g/mol. The van der Waals surface area contributed by atoms with Crippen molar-refractivity contribution in [2.45, 2.75) is 45.1 Å². The number of pyridine rings is 1. The molecule has 212 valence electrons. The third-order valence-electron chi connectivity index (χ3n) is 6.64. The van der Waals surface area contributed by atoms with Crippen molar-refractivity contribution in [1.82, 2.24) is 4.98 Å². The summed E-state index contributed by atoms with van der Waals surface area (Å²) in [5.74, 6) is -1.61. The predicted octanol–water partition coefficient (Wildman–Crippen LogP) is 6.42. The number of nitrogen functional groups attached to an aromatic ring is 1. The summed E-state index contributed by atoms with van der Waals surface area (Å²) < 4.78 is 5.20. The second-order valence-electron chi connectivity index (χ2n) is 9.62. The summed E-state index contributed by atoms with van der Waals surface area (Å²) >= 11 is 0. The van der Waals surface area contributed by atoms with Crippen LogP contribution in [0, 0.1) is 0 Å². The van der Waals surface area contributed by atoms with Crippen LogP contribution < -0.4 is 16.4 Å². The Morgan fingerprint density at radius 2 is 1.49 bits per heavy atom. The summed E-state index contributed by atoms with van der Waals surface area (Å²) in [6, 6.07) is 23.6. The molecule has 1 aromatic heterocycles. The monoisotopic (exact) mass is 554 g/mol. The molecule has 0 unspecified atom stereocenters. The van der Waals surface area contributed by atoms with Gasteiger partial charge < -0.3 is 26.0 Å². The molecular formula is C32H34N4O5. The molecule has 0 aliphatic rings. The lowest BCUT2D eigenvalue weighted by molar-refractivity contribution is 0.102. The molecule has 3 aromatic carbocycles. The zero-order valence-electron chi connectivity index (χ0n) is 22.7. The number of amides is 2. The van der Waals surface area contributed by atoms with E-state index in [0.29, 0.717) is 17.7 Å². The number of nitrogens with two attached hydrogens (primary N) is 1. The highest BCUT2D eigenvalue weighted by Gasteiger charge is 2.19. The van der Waals surface area contributed by atoms with Crippen molar-refractivity contribution < 1.29 is 24.5 Å². The van der Waals surface area contributed by atoms with Crippen molar-refractivity contribution in [3.63, 3.8) is 0 Å². The maximum absolute atomic E-state index is 13.2. The summed E-state index contributed by atoms with van der Waals surface area (Å²) in [5, 5.41) is 26.1. The number of aromatic nitrogens is 1. The Kier molecular flexibility index (Phi) is 10.1. The number of aromatic hydroxyl groups is 2. The summed E-state index contributed by atoms with van der Waals surface area (Å²) in [5.41, 5.74) is 9.06. The molecule has 0 aliphatic heterocycles. The molecule has 0 saturated carbocycles. The molecule has 0 fully saturated rings. The fourth-order valence-corrected chi connectivity index (χ4v) is 4.42. The van der Waals surface area contributed by atoms with E-state index in [0.717, 1.165) is 32.1 Å². The van der Waals surface area contributed by atoms with Crippen LogP contribution in [0.4, 0.5) is 21.9 Å². The Hall–Kier alpha value is -5.05. The van der Waals surface area contributed by atoms with Crippen LogP contribution in [0.3, 0.4) is 0 Å². The van der Waals surface area contributed by atoms with Gasteiger partial charge in [-0.15, -0.1) is 0 Å². The van der Waals surface area contributed by atoms with E-state index in [1.54, 1.807) is 48.7 Å². The van der Waals surface area contributed by atoms with Gasteiger partial charge in [-0.3, -0.25) is 15.1 Å². The number of hydrogen-bond donors (Lipinski definition) is 5. The van der Waals surface area contributed by atoms with Crippen molar-refractivity contribution in [3.8, 4) is 11.5 Å². The zero-order valence-corrected chi connectivity index (χ0v) is 22.7. The lowest BCUT2D eigenvalue weighted by Crippen LogP contribution is -2.19. The number of hydrogen-bond acceptors (Lipinski definition) is 7. The molecule has 9 heteroatoms. The van der Waals surface area contributed by atoms with Crippen LogP contribution in [0.1, 0.15) is 52.9 Å². The van der Waals surface area contributed by atoms with E-state index in [1.807, 2.05) is 18.2 Å². The van der Waals surface area contributed by atoms with Crippen LogP contribution in [0.2, 0.25) is 0 Å². The Morgan fingerprint density at radius 1 is 0.780 bits per heavy atom. The van der Waals surface area contributed by atoms with Gasteiger partial charge in [0, 0.05) is 6.20 Å². The SMILES string of the molecule is Nc1c(CCCCCCc2ccccc2)cc(NC(=O)c2ccccc2NC(=O)OCc2ccccn2)c(O)c1O. The Bertz CT molecular complexity index is 1460. The number of ether oxygens (including phenoxy) is 1. The van der Waals surface area contributed by atoms with Crippen LogP contribution in [-0.4, -0.2) is 27.2 Å². The number of phenols is 2. The third kappa shape index (κ3) is 8.22. The molecule has 0 spiro atoms. The highest BCUT2D eigenvalue weighted by atomic mass is 16.5. The molecule has 4 rings (SSSR count). The van der Waals surface area contributed by atoms with Gasteiger partial charge in [0.25, 0.3) is 5.91 Å². The number of para-hydroxylation sites is 1. The summed E-state index contributed by atoms with van der Waals surface area (Å²) in [7, 11) is 0. The molecule has 0 radical (unpaired) electrons. The molecule has 1 heterocycles. The molecule has 41 heavy (non-hydrogen) atoms. The first-order valence-electron chi connectivity index (χ1n) is 13.5. The van der Waals surface area contributed by atoms with Crippen LogP contribution in [0.25, 0.3) is 0 Å². The number of aryl methyl sites for hydroxylation is 2. The molecule has 2 amide bonds. The molecule has 6 N–H and O–H groups in total. The number of nitrogens with one attached hydrogen (secondary N) is 2. The van der Waals surface area contributed by atoms with E-state index < -0.39 is 23.5 Å². The van der Waals surface area contributed by atoms with Gasteiger partial charge in [-0.05, 0) is 67.1 Å². The largest absolute Gasteiger partial charge is 0.503 e. The van der Waals surface area contributed by atoms with Gasteiger partial charge in [0.15, 0.2) is 11.5 Å². The number of carbonyl (C=O) groups excluding carboxylic acids is 2. The highest BCUT2D eigenvalue weighted by molar-refractivity contribution is 6.10. The summed E-state index contributed by atoms with van der Waals surface area (Å²) in [6.45, 7) is -0.0323. The quantitative estimate of drug-likeness (QED) is 0.0771. The Balaban J connectivity index is 1.35. The summed E-state index contributed by atoms with van der Waals surface area (Å²) in [4.78, 5) is 29.6. The fraction of sp³-hybridized carbons (Fsp3) is 0.219. The summed E-state index contributed by atoms with van der Waals surface area (Å²) in [6.07, 6.45) is 6.39. The predicted molar refractivity (Wildman–Crippen MR) is 159 cm³/mol. The molecule has 4 aromatic rings. The zero-order chi connectivity index (χ0) is 29.0. The van der Waals surface area contributed by atoms with Crippen LogP contribution >= 0.6 is 0 Å². The minimum atomic E-state index is -0.755. The molecular weight excluding hydrogens is 520 g/mol. The number of carbonyl (C=O) groups is 2. The maximum atomic E-state index is 13.2. The number of phenolic OH excluding ortho intramolecular Hbond substituents is 2. The number of anilines is 3. The molecule has 9 nitrogen and oxygen atoms in total. The first-order chi connectivity index (χ1) is 19.9. The number of rotatable bonds is 12. The van der Waals surface area contributed by atoms with Gasteiger partial charge >= 0.3 is 6.09 Å². The van der Waals surface area contributed by atoms with Crippen molar-refractivity contribution >= 4 is 29.1 Å². The normalized spacial score (nSPS) is 10.6. The van der Waals surface area contributed by atoms with Gasteiger partial charge in [0.2, 0.25) is 0 Å². The first kappa shape index (κ1) is 28.9. The van der Waals surface area contributed by atoms with E-state index >= 15 is 0 Å². The van der Waals surface area contributed by atoms with Gasteiger partial charge in [-0.2, -0.15) is 0 Å². The van der Waals surface area contributed by atoms with Gasteiger partial charge in [-0.25, -0.2) is 4.79 Å². The van der Waals surface area contributed by atoms with Gasteiger partial charge in [-0.1, -0.05) is 61.4 Å². The van der Waals surface area contributed by atoms with Crippen molar-refractivity contribution in [1.29, 1.82) is 0 Å². The lowest BCUT2D eigenvalue weighted by Gasteiger charge is -2.16. The maximum Gasteiger partial charge on any atom is 0.412 e. The highest BCUT2D eigenvalue weighted by Crippen LogP contribution is 2.41. The second kappa shape index (κ2) is 14.4. The minimum absolute atomic E-state index is 0.0216. The Labute approximate surface area is 239 Å². The smallest absolute Gasteiger partial charge is 0.412 e. The average Bonchev–Trinajstić information content (AvgIpc) is 3.00. The number of nitrogens with zero attached hydrogens (tertiary/aromatic N) is 1. The van der Waals surface area contributed by atoms with Crippen LogP contribution in [0.5, 0.6) is 11.5 Å². The number of unbranched alkanes of at least 4 members (excludes halogenated alkanes) is 3. The number of benzene rings is 3.